The highest BCUT2D eigenvalue weighted by Crippen LogP contribution is 2.38. The van der Waals surface area contributed by atoms with Gasteiger partial charge in [0.05, 0.1) is 30.8 Å². The van der Waals surface area contributed by atoms with E-state index in [-0.39, 0.29) is 18.0 Å². The normalized spacial score (nSPS) is 18.4. The molecule has 5 rings (SSSR count). The van der Waals surface area contributed by atoms with Crippen LogP contribution in [0.15, 0.2) is 71.1 Å². The highest BCUT2D eigenvalue weighted by Gasteiger charge is 2.34. The van der Waals surface area contributed by atoms with Crippen LogP contribution in [0.2, 0.25) is 0 Å². The lowest BCUT2D eigenvalue weighted by molar-refractivity contribution is 0.159. The van der Waals surface area contributed by atoms with Gasteiger partial charge < -0.3 is 24.5 Å². The molecule has 2 amide bonds. The van der Waals surface area contributed by atoms with E-state index in [0.717, 1.165) is 30.4 Å². The van der Waals surface area contributed by atoms with Crippen LogP contribution in [0.3, 0.4) is 0 Å². The van der Waals surface area contributed by atoms with Gasteiger partial charge in [0.15, 0.2) is 11.3 Å². The lowest BCUT2D eigenvalue weighted by Gasteiger charge is -2.20. The van der Waals surface area contributed by atoms with E-state index in [1.807, 2.05) is 54.6 Å². The van der Waals surface area contributed by atoms with Crippen molar-refractivity contribution < 1.29 is 18.7 Å². The van der Waals surface area contributed by atoms with Crippen LogP contribution < -0.4 is 15.4 Å². The first-order valence-corrected chi connectivity index (χ1v) is 11.5. The second-order valence-corrected chi connectivity index (χ2v) is 8.59. The van der Waals surface area contributed by atoms with E-state index in [1.165, 1.54) is 5.56 Å². The fourth-order valence-electron chi connectivity index (χ4n) is 4.89. The number of hydrogen-bond donors (Lipinski definition) is 2. The minimum atomic E-state index is -0.232. The number of benzene rings is 3. The van der Waals surface area contributed by atoms with Crippen LogP contribution >= 0.6 is 0 Å². The zero-order chi connectivity index (χ0) is 23.5. The number of likely N-dealkylation sites (tertiary alicyclic amines) is 1. The molecule has 1 fully saturated rings. The smallest absolute Gasteiger partial charge is 0.319 e. The number of carbonyl (C=O) groups is 1. The molecule has 2 N–H and O–H groups in total. The van der Waals surface area contributed by atoms with Gasteiger partial charge in [-0.3, -0.25) is 4.90 Å². The number of fused-ring (bicyclic) bond motifs is 3. The minimum absolute atomic E-state index is 0.0142. The summed E-state index contributed by atoms with van der Waals surface area (Å²) < 4.78 is 16.8. The number of urea groups is 1. The molecule has 34 heavy (non-hydrogen) atoms. The molecule has 4 aromatic rings. The zero-order valence-electron chi connectivity index (χ0n) is 19.4. The van der Waals surface area contributed by atoms with Crippen LogP contribution in [0.5, 0.6) is 5.75 Å². The van der Waals surface area contributed by atoms with Crippen molar-refractivity contribution in [1.29, 1.82) is 0 Å². The number of carbonyl (C=O) groups excluding carboxylic acids is 1. The summed E-state index contributed by atoms with van der Waals surface area (Å²) in [6.07, 6.45) is 0. The number of hydrogen-bond acceptors (Lipinski definition) is 5. The number of furan rings is 1. The summed E-state index contributed by atoms with van der Waals surface area (Å²) in [4.78, 5) is 15.5. The van der Waals surface area contributed by atoms with E-state index < -0.39 is 0 Å². The topological polar surface area (TPSA) is 76.0 Å². The van der Waals surface area contributed by atoms with Crippen LogP contribution in [-0.2, 0) is 4.74 Å². The fraction of sp³-hybridized carbons (Fsp3) is 0.296. The third kappa shape index (κ3) is 4.32. The quantitative estimate of drug-likeness (QED) is 0.414. The second kappa shape index (κ2) is 9.75. The Balaban J connectivity index is 1.39. The van der Waals surface area contributed by atoms with Crippen molar-refractivity contribution in [3.05, 3.63) is 72.3 Å². The molecule has 3 aromatic carbocycles. The monoisotopic (exact) mass is 459 g/mol. The number of nitrogens with zero attached hydrogens (tertiary/aromatic N) is 1. The van der Waals surface area contributed by atoms with E-state index in [0.29, 0.717) is 29.2 Å². The molecule has 7 nitrogen and oxygen atoms in total. The number of nitrogens with one attached hydrogen (secondary N) is 2. The van der Waals surface area contributed by atoms with Gasteiger partial charge in [-0.1, -0.05) is 48.5 Å². The Labute approximate surface area is 198 Å². The Morgan fingerprint density at radius 3 is 2.65 bits per heavy atom. The number of ether oxygens (including phenoxy) is 2. The van der Waals surface area contributed by atoms with Gasteiger partial charge in [0.25, 0.3) is 0 Å². The Hall–Kier alpha value is -3.55. The van der Waals surface area contributed by atoms with E-state index in [4.69, 9.17) is 13.9 Å². The molecule has 7 heteroatoms. The summed E-state index contributed by atoms with van der Waals surface area (Å²) in [5.41, 5.74) is 3.30. The summed E-state index contributed by atoms with van der Waals surface area (Å²) in [6, 6.07) is 21.5. The molecule has 0 saturated carbocycles. The molecule has 176 valence electrons. The van der Waals surface area contributed by atoms with E-state index in [2.05, 4.69) is 27.7 Å². The Morgan fingerprint density at radius 2 is 1.85 bits per heavy atom. The maximum atomic E-state index is 13.2. The predicted octanol–water partition coefficient (Wildman–Crippen LogP) is 4.83. The lowest BCUT2D eigenvalue weighted by Crippen LogP contribution is -2.42. The molecule has 1 aliphatic rings. The molecule has 0 aliphatic carbocycles. The van der Waals surface area contributed by atoms with Gasteiger partial charge in [-0.15, -0.1) is 0 Å². The van der Waals surface area contributed by atoms with E-state index >= 15 is 0 Å². The summed E-state index contributed by atoms with van der Waals surface area (Å²) in [6.45, 7) is 3.15. The number of rotatable bonds is 7. The molecule has 2 heterocycles. The third-order valence-electron chi connectivity index (χ3n) is 6.51. The lowest BCUT2D eigenvalue weighted by atomic mass is 9.94. The van der Waals surface area contributed by atoms with Crippen molar-refractivity contribution in [2.45, 2.75) is 12.0 Å². The minimum Gasteiger partial charge on any atom is -0.493 e. The van der Waals surface area contributed by atoms with Crippen LogP contribution in [0, 0.1) is 0 Å². The van der Waals surface area contributed by atoms with Crippen molar-refractivity contribution in [2.24, 2.45) is 0 Å². The zero-order valence-corrected chi connectivity index (χ0v) is 19.4. The highest BCUT2D eigenvalue weighted by atomic mass is 16.5. The third-order valence-corrected chi connectivity index (χ3v) is 6.51. The largest absolute Gasteiger partial charge is 0.493 e. The molecular formula is C27H29N3O4. The summed E-state index contributed by atoms with van der Waals surface area (Å²) in [5, 5.41) is 8.05. The number of methoxy groups -OCH3 is 2. The summed E-state index contributed by atoms with van der Waals surface area (Å²) in [5.74, 6) is 0.871. The van der Waals surface area contributed by atoms with Gasteiger partial charge >= 0.3 is 6.03 Å². The molecule has 0 bridgehead atoms. The molecule has 1 saturated heterocycles. The average Bonchev–Trinajstić information content (AvgIpc) is 3.44. The number of amides is 2. The molecule has 0 spiro atoms. The van der Waals surface area contributed by atoms with Gasteiger partial charge in [0.1, 0.15) is 5.58 Å². The Bertz CT molecular complexity index is 1290. The first-order valence-electron chi connectivity index (χ1n) is 11.5. The van der Waals surface area contributed by atoms with Gasteiger partial charge in [-0.2, -0.15) is 0 Å². The van der Waals surface area contributed by atoms with Crippen molar-refractivity contribution in [2.75, 3.05) is 45.8 Å². The Morgan fingerprint density at radius 1 is 1.03 bits per heavy atom. The van der Waals surface area contributed by atoms with Gasteiger partial charge in [0, 0.05) is 38.0 Å². The van der Waals surface area contributed by atoms with E-state index in [9.17, 15) is 4.79 Å². The molecule has 0 unspecified atom stereocenters. The van der Waals surface area contributed by atoms with E-state index in [1.54, 1.807) is 14.2 Å². The van der Waals surface area contributed by atoms with Crippen LogP contribution in [0.4, 0.5) is 10.5 Å². The van der Waals surface area contributed by atoms with Crippen LogP contribution in [0.25, 0.3) is 21.9 Å². The molecule has 1 aromatic heterocycles. The number of anilines is 1. The fourth-order valence-corrected chi connectivity index (χ4v) is 4.89. The first-order chi connectivity index (χ1) is 16.7. The first kappa shape index (κ1) is 22.3. The standard InChI is InChI=1S/C27H29N3O4/c1-32-15-14-30-16-20(18-8-4-3-5-9-18)22(17-30)29-27(31)28-21-11-7-12-23-25(21)19-10-6-13-24(33-2)26(19)34-23/h3-13,20,22H,14-17H2,1-2H3,(H2,28,29,31)/t20-,22+/m0/s1. The van der Waals surface area contributed by atoms with Crippen molar-refractivity contribution in [3.8, 4) is 5.75 Å². The maximum Gasteiger partial charge on any atom is 0.319 e. The van der Waals surface area contributed by atoms with Crippen LogP contribution in [0.1, 0.15) is 11.5 Å². The maximum absolute atomic E-state index is 13.2. The average molecular weight is 460 g/mol. The summed E-state index contributed by atoms with van der Waals surface area (Å²) >= 11 is 0. The summed E-state index contributed by atoms with van der Waals surface area (Å²) in [7, 11) is 3.33. The van der Waals surface area contributed by atoms with Gasteiger partial charge in [-0.25, -0.2) is 4.79 Å². The van der Waals surface area contributed by atoms with Crippen molar-refractivity contribution >= 4 is 33.7 Å². The van der Waals surface area contributed by atoms with Crippen molar-refractivity contribution in [3.63, 3.8) is 0 Å². The molecule has 0 radical (unpaired) electrons. The highest BCUT2D eigenvalue weighted by molar-refractivity contribution is 6.15. The van der Waals surface area contributed by atoms with Crippen molar-refractivity contribution in [1.82, 2.24) is 10.2 Å². The molecule has 1 aliphatic heterocycles. The molecular weight excluding hydrogens is 430 g/mol. The number of para-hydroxylation sites is 1. The Kier molecular flexibility index (Phi) is 6.38. The molecule has 2 atom stereocenters. The second-order valence-electron chi connectivity index (χ2n) is 8.59. The van der Waals surface area contributed by atoms with Crippen LogP contribution in [-0.4, -0.2) is 57.4 Å². The van der Waals surface area contributed by atoms with Gasteiger partial charge in [-0.05, 0) is 23.8 Å². The van der Waals surface area contributed by atoms with Gasteiger partial charge in [0.2, 0.25) is 0 Å². The predicted molar refractivity (Wildman–Crippen MR) is 134 cm³/mol. The SMILES string of the molecule is COCCN1C[C@@H](NC(=O)Nc2cccc3oc4c(OC)cccc4c23)[C@H](c2ccccc2)C1.